The average Bonchev–Trinajstić information content (AvgIpc) is 3.16. The minimum Gasteiger partial charge on any atom is -0.494 e. The van der Waals surface area contributed by atoms with Crippen molar-refractivity contribution in [2.45, 2.75) is 38.0 Å². The Bertz CT molecular complexity index is 686. The zero-order valence-corrected chi connectivity index (χ0v) is 12.7. The van der Waals surface area contributed by atoms with E-state index < -0.39 is 5.41 Å². The second-order valence-electron chi connectivity index (χ2n) is 5.85. The molecule has 1 amide bonds. The number of carbonyl (C=O) groups is 1. The summed E-state index contributed by atoms with van der Waals surface area (Å²) < 4.78 is 6.53. The van der Waals surface area contributed by atoms with E-state index in [1.54, 1.807) is 21.0 Å². The number of ether oxygens (including phenoxy) is 1. The van der Waals surface area contributed by atoms with Gasteiger partial charge in [0, 0.05) is 0 Å². The quantitative estimate of drug-likeness (QED) is 0.941. The highest BCUT2D eigenvalue weighted by molar-refractivity contribution is 7.18. The van der Waals surface area contributed by atoms with Crippen LogP contribution in [-0.4, -0.2) is 18.0 Å². The fraction of sp³-hybridized carbons (Fsp3) is 0.467. The van der Waals surface area contributed by atoms with Gasteiger partial charge in [-0.1, -0.05) is 0 Å². The van der Waals surface area contributed by atoms with E-state index in [9.17, 15) is 4.79 Å². The second kappa shape index (κ2) is 4.45. The van der Waals surface area contributed by atoms with E-state index in [2.05, 4.69) is 17.1 Å². The number of carbonyl (C=O) groups excluding carboxylic acids is 1. The normalized spacial score (nSPS) is 15.6. The molecule has 0 atom stereocenters. The first-order valence-electron chi connectivity index (χ1n) is 6.72. The van der Waals surface area contributed by atoms with E-state index in [1.807, 2.05) is 0 Å². The van der Waals surface area contributed by atoms with Crippen molar-refractivity contribution < 1.29 is 9.53 Å². The van der Waals surface area contributed by atoms with Crippen LogP contribution in [-0.2, 0) is 10.2 Å². The van der Waals surface area contributed by atoms with Crippen LogP contribution in [0.4, 0.5) is 0 Å². The molecule has 0 saturated heterocycles. The van der Waals surface area contributed by atoms with Gasteiger partial charge in [0.2, 0.25) is 5.91 Å². The Labute approximate surface area is 122 Å². The van der Waals surface area contributed by atoms with Crippen molar-refractivity contribution in [3.05, 3.63) is 22.7 Å². The average molecular weight is 290 g/mol. The lowest BCUT2D eigenvalue weighted by molar-refractivity contribution is -0.122. The summed E-state index contributed by atoms with van der Waals surface area (Å²) in [7, 11) is 1.66. The largest absolute Gasteiger partial charge is 0.494 e. The van der Waals surface area contributed by atoms with E-state index in [0.29, 0.717) is 5.92 Å². The summed E-state index contributed by atoms with van der Waals surface area (Å²) in [6.07, 6.45) is 2.49. The molecule has 5 heteroatoms. The number of primary amides is 1. The molecule has 1 aliphatic rings. The zero-order valence-electron chi connectivity index (χ0n) is 11.9. The van der Waals surface area contributed by atoms with Crippen LogP contribution in [0.15, 0.2) is 12.1 Å². The number of methoxy groups -OCH3 is 1. The van der Waals surface area contributed by atoms with Gasteiger partial charge in [0.25, 0.3) is 0 Å². The van der Waals surface area contributed by atoms with Gasteiger partial charge in [-0.3, -0.25) is 4.79 Å². The Morgan fingerprint density at radius 3 is 2.70 bits per heavy atom. The van der Waals surface area contributed by atoms with Gasteiger partial charge in [-0.15, -0.1) is 11.3 Å². The van der Waals surface area contributed by atoms with Crippen molar-refractivity contribution in [1.29, 1.82) is 0 Å². The number of amides is 1. The third-order valence-electron chi connectivity index (χ3n) is 3.90. The highest BCUT2D eigenvalue weighted by atomic mass is 32.1. The molecule has 4 nitrogen and oxygen atoms in total. The molecule has 1 saturated carbocycles. The molecule has 3 rings (SSSR count). The molecule has 2 N–H and O–H groups in total. The van der Waals surface area contributed by atoms with Crippen LogP contribution in [0.3, 0.4) is 0 Å². The summed E-state index contributed by atoms with van der Waals surface area (Å²) in [5, 5.41) is 0.742. The topological polar surface area (TPSA) is 65.2 Å². The summed E-state index contributed by atoms with van der Waals surface area (Å²) in [6, 6.07) is 4.24. The predicted octanol–water partition coefficient (Wildman–Crippen LogP) is 2.95. The van der Waals surface area contributed by atoms with Crippen molar-refractivity contribution >= 4 is 27.5 Å². The van der Waals surface area contributed by atoms with Crippen LogP contribution < -0.4 is 10.5 Å². The first-order valence-corrected chi connectivity index (χ1v) is 7.54. The molecule has 1 aliphatic carbocycles. The number of aromatic nitrogens is 1. The fourth-order valence-electron chi connectivity index (χ4n) is 2.20. The number of rotatable bonds is 4. The molecular weight excluding hydrogens is 272 g/mol. The maximum atomic E-state index is 11.6. The van der Waals surface area contributed by atoms with E-state index in [-0.39, 0.29) is 5.91 Å². The van der Waals surface area contributed by atoms with Crippen LogP contribution in [0, 0.1) is 0 Å². The van der Waals surface area contributed by atoms with Crippen LogP contribution >= 0.6 is 11.3 Å². The SMILES string of the molecule is COc1cc(C2CC2)cc2sc(C(C)(C)C(N)=O)nc12. The van der Waals surface area contributed by atoms with Gasteiger partial charge in [0.1, 0.15) is 16.3 Å². The van der Waals surface area contributed by atoms with E-state index in [1.165, 1.54) is 29.7 Å². The van der Waals surface area contributed by atoms with E-state index in [0.717, 1.165) is 21.0 Å². The number of hydrogen-bond donors (Lipinski definition) is 1. The fourth-order valence-corrected chi connectivity index (χ4v) is 3.34. The van der Waals surface area contributed by atoms with Crippen molar-refractivity contribution in [3.63, 3.8) is 0 Å². The lowest BCUT2D eigenvalue weighted by atomic mass is 9.94. The molecule has 1 fully saturated rings. The van der Waals surface area contributed by atoms with Crippen LogP contribution in [0.5, 0.6) is 5.75 Å². The molecule has 2 aromatic rings. The minimum absolute atomic E-state index is 0.363. The first kappa shape index (κ1) is 13.4. The third kappa shape index (κ3) is 2.06. The van der Waals surface area contributed by atoms with Crippen LogP contribution in [0.25, 0.3) is 10.2 Å². The number of hydrogen-bond acceptors (Lipinski definition) is 4. The van der Waals surface area contributed by atoms with Crippen LogP contribution in [0.2, 0.25) is 0 Å². The lowest BCUT2D eigenvalue weighted by Gasteiger charge is -2.16. The standard InChI is InChI=1S/C15H18N2O2S/c1-15(2,13(16)18)14-17-12-10(19-3)6-9(8-4-5-8)7-11(12)20-14/h6-8H,4-5H2,1-3H3,(H2,16,18). The Morgan fingerprint density at radius 2 is 2.15 bits per heavy atom. The highest BCUT2D eigenvalue weighted by Gasteiger charge is 2.32. The van der Waals surface area contributed by atoms with Gasteiger partial charge in [-0.2, -0.15) is 0 Å². The lowest BCUT2D eigenvalue weighted by Crippen LogP contribution is -2.35. The van der Waals surface area contributed by atoms with Crippen molar-refractivity contribution in [2.75, 3.05) is 7.11 Å². The monoisotopic (exact) mass is 290 g/mol. The summed E-state index contributed by atoms with van der Waals surface area (Å²) in [6.45, 7) is 3.61. The molecule has 20 heavy (non-hydrogen) atoms. The maximum Gasteiger partial charge on any atom is 0.229 e. The molecule has 1 aromatic heterocycles. The molecule has 1 heterocycles. The number of thiazole rings is 1. The molecule has 0 spiro atoms. The van der Waals surface area contributed by atoms with Crippen LogP contribution in [0.1, 0.15) is 43.2 Å². The Balaban J connectivity index is 2.17. The maximum absolute atomic E-state index is 11.6. The van der Waals surface area contributed by atoms with Gasteiger partial charge in [0.05, 0.1) is 17.2 Å². The number of fused-ring (bicyclic) bond motifs is 1. The van der Waals surface area contributed by atoms with E-state index >= 15 is 0 Å². The Kier molecular flexibility index (Phi) is 2.97. The zero-order chi connectivity index (χ0) is 14.5. The summed E-state index contributed by atoms with van der Waals surface area (Å²) in [4.78, 5) is 16.2. The summed E-state index contributed by atoms with van der Waals surface area (Å²) >= 11 is 1.53. The number of benzene rings is 1. The van der Waals surface area contributed by atoms with E-state index in [4.69, 9.17) is 10.5 Å². The number of nitrogens with two attached hydrogens (primary N) is 1. The van der Waals surface area contributed by atoms with Gasteiger partial charge in [-0.25, -0.2) is 4.98 Å². The third-order valence-corrected chi connectivity index (χ3v) is 5.23. The molecule has 0 radical (unpaired) electrons. The van der Waals surface area contributed by atoms with Gasteiger partial charge >= 0.3 is 0 Å². The molecular formula is C15H18N2O2S. The smallest absolute Gasteiger partial charge is 0.229 e. The van der Waals surface area contributed by atoms with Gasteiger partial charge in [0.15, 0.2) is 0 Å². The molecule has 0 aliphatic heterocycles. The minimum atomic E-state index is -0.756. The Hall–Kier alpha value is -1.62. The number of nitrogens with zero attached hydrogens (tertiary/aromatic N) is 1. The van der Waals surface area contributed by atoms with Gasteiger partial charge in [-0.05, 0) is 50.3 Å². The van der Waals surface area contributed by atoms with Crippen molar-refractivity contribution in [1.82, 2.24) is 4.98 Å². The second-order valence-corrected chi connectivity index (χ2v) is 6.88. The summed E-state index contributed by atoms with van der Waals surface area (Å²) in [5.41, 5.74) is 6.86. The van der Waals surface area contributed by atoms with Crippen molar-refractivity contribution in [3.8, 4) is 5.75 Å². The molecule has 106 valence electrons. The predicted molar refractivity (Wildman–Crippen MR) is 80.4 cm³/mol. The molecule has 0 unspecified atom stereocenters. The highest BCUT2D eigenvalue weighted by Crippen LogP contribution is 2.44. The summed E-state index contributed by atoms with van der Waals surface area (Å²) in [5.74, 6) is 1.08. The van der Waals surface area contributed by atoms with Crippen molar-refractivity contribution in [2.24, 2.45) is 5.73 Å². The molecule has 1 aromatic carbocycles. The van der Waals surface area contributed by atoms with Gasteiger partial charge < -0.3 is 10.5 Å². The first-order chi connectivity index (χ1) is 9.43. The molecule has 0 bridgehead atoms. The Morgan fingerprint density at radius 1 is 1.45 bits per heavy atom.